The summed E-state index contributed by atoms with van der Waals surface area (Å²) in [5.41, 5.74) is 4.54. The van der Waals surface area contributed by atoms with E-state index in [2.05, 4.69) is 10.5 Å². The number of carbonyl (C=O) groups is 1. The van der Waals surface area contributed by atoms with E-state index in [9.17, 15) is 4.79 Å². The molecule has 1 amide bonds. The largest absolute Gasteiger partial charge is 0.450 e. The van der Waals surface area contributed by atoms with Gasteiger partial charge in [0.15, 0.2) is 0 Å². The second-order valence-corrected chi connectivity index (χ2v) is 1.16. The first-order valence-corrected chi connectivity index (χ1v) is 3.51. The van der Waals surface area contributed by atoms with Crippen LogP contribution in [0.15, 0.2) is 0 Å². The first kappa shape index (κ1) is 29.3. The second-order valence-electron chi connectivity index (χ2n) is 1.16. The topological polar surface area (TPSA) is 216 Å². The molecule has 0 unspecified atom stereocenters. The first-order valence-electron chi connectivity index (χ1n) is 3.51. The van der Waals surface area contributed by atoms with Gasteiger partial charge in [-0.15, -0.1) is 0 Å². The number of hydrogen-bond donors (Lipinski definition) is 5. The zero-order chi connectivity index (χ0) is 15.8. The Morgan fingerprint density at radius 2 is 1.11 bits per heavy atom. The normalized spacial score (nSPS) is 4.28. The highest BCUT2D eigenvalue weighted by Crippen LogP contribution is 1.66. The van der Waals surface area contributed by atoms with Crippen LogP contribution in [-0.2, 0) is 23.9 Å². The monoisotopic (exact) mass is 261 g/mol. The fourth-order valence-electron chi connectivity index (χ4n) is 0.142. The summed E-state index contributed by atoms with van der Waals surface area (Å²) in [6.07, 6.45) is 2.29. The number of ether oxygens (including phenoxy) is 1. The second kappa shape index (κ2) is 67.3. The van der Waals surface area contributed by atoms with Gasteiger partial charge in [0.2, 0.25) is 24.3 Å². The molecule has 11 heteroatoms. The van der Waals surface area contributed by atoms with Crippen LogP contribution in [0.25, 0.3) is 0 Å². The van der Waals surface area contributed by atoms with Crippen molar-refractivity contribution in [2.45, 2.75) is 6.92 Å². The van der Waals surface area contributed by atoms with Gasteiger partial charge < -0.3 is 10.5 Å². The van der Waals surface area contributed by atoms with Crippen LogP contribution in [0.5, 0.6) is 0 Å². The lowest BCUT2D eigenvalue weighted by atomic mass is 10.9. The summed E-state index contributed by atoms with van der Waals surface area (Å²) in [4.78, 5) is 43.0. The third-order valence-corrected chi connectivity index (χ3v) is 0.287. The summed E-state index contributed by atoms with van der Waals surface area (Å²) in [6.45, 7) is 2.06. The Morgan fingerprint density at radius 3 is 1.11 bits per heavy atom. The number of amides is 1. The van der Waals surface area contributed by atoms with Gasteiger partial charge in [0.25, 0.3) is 0 Å². The maximum Gasteiger partial charge on any atom is 0.404 e. The lowest BCUT2D eigenvalue weighted by Crippen LogP contribution is -2.11. The molecule has 18 heavy (non-hydrogen) atoms. The summed E-state index contributed by atoms with van der Waals surface area (Å²) in [5.74, 6) is 0. The van der Waals surface area contributed by atoms with Gasteiger partial charge in [-0.25, -0.2) is 45.6 Å². The third-order valence-electron chi connectivity index (χ3n) is 0.287. The number of isocyanates is 4. The molecule has 6 N–H and O–H groups in total. The molecule has 0 fully saturated rings. The zero-order valence-corrected chi connectivity index (χ0v) is 9.23. The average Bonchev–Trinajstić information content (AvgIpc) is 2.21. The highest BCUT2D eigenvalue weighted by molar-refractivity contribution is 5.64. The van der Waals surface area contributed by atoms with Gasteiger partial charge in [0.05, 0.1) is 6.61 Å². The van der Waals surface area contributed by atoms with Gasteiger partial charge in [-0.1, -0.05) is 0 Å². The van der Waals surface area contributed by atoms with Crippen LogP contribution in [0.2, 0.25) is 0 Å². The number of primary amides is 1. The Labute approximate surface area is 101 Å². The molecular weight excluding hydrogens is 250 g/mol. The summed E-state index contributed by atoms with van der Waals surface area (Å²) >= 11 is 0. The molecule has 0 aliphatic heterocycles. The van der Waals surface area contributed by atoms with Crippen LogP contribution < -0.4 is 5.73 Å². The molecule has 0 saturated heterocycles. The molecule has 100 valence electrons. The SMILES string of the molecule is CCOC(N)=O.N=C=O.N=C=O.N=C=O.N=C=O. The standard InChI is InChI=1S/C3H7NO2.4CHNO/c1-2-6-3(4)5;4*2-1-3/h2H2,1H3,(H2,4,5);4*2H. The summed E-state index contributed by atoms with van der Waals surface area (Å²) in [6, 6.07) is 0. The van der Waals surface area contributed by atoms with Crippen molar-refractivity contribution in [3.8, 4) is 0 Å². The van der Waals surface area contributed by atoms with E-state index in [4.69, 9.17) is 40.8 Å². The Kier molecular flexibility index (Phi) is 110. The van der Waals surface area contributed by atoms with Gasteiger partial charge in [-0.05, 0) is 6.92 Å². The minimum Gasteiger partial charge on any atom is -0.450 e. The van der Waals surface area contributed by atoms with Crippen LogP contribution in [0, 0.1) is 21.6 Å². The maximum absolute atomic E-state index is 9.60. The van der Waals surface area contributed by atoms with E-state index in [-0.39, 0.29) is 0 Å². The molecule has 0 spiro atoms. The lowest BCUT2D eigenvalue weighted by Gasteiger charge is -1.89. The smallest absolute Gasteiger partial charge is 0.404 e. The molecule has 0 atom stereocenters. The Bertz CT molecular complexity index is 256. The molecule has 0 aromatic heterocycles. The highest BCUT2D eigenvalue weighted by atomic mass is 16.5. The number of rotatable bonds is 1. The summed E-state index contributed by atoms with van der Waals surface area (Å²) in [7, 11) is 0. The van der Waals surface area contributed by atoms with E-state index >= 15 is 0 Å². The Balaban J connectivity index is -0.0000000412. The first-order chi connectivity index (χ1) is 8.43. The predicted octanol–water partition coefficient (Wildman–Crippen LogP) is -0.295. The summed E-state index contributed by atoms with van der Waals surface area (Å²) < 4.78 is 4.18. The molecular formula is C7H11N5O6. The van der Waals surface area contributed by atoms with Crippen molar-refractivity contribution < 1.29 is 28.7 Å². The fraction of sp³-hybridized carbons (Fsp3) is 0.286. The summed E-state index contributed by atoms with van der Waals surface area (Å²) in [5, 5.41) is 21.6. The molecule has 0 aromatic rings. The van der Waals surface area contributed by atoms with E-state index in [1.165, 1.54) is 0 Å². The lowest BCUT2D eigenvalue weighted by molar-refractivity contribution is 0.163. The average molecular weight is 261 g/mol. The minimum atomic E-state index is -0.711. The highest BCUT2D eigenvalue weighted by Gasteiger charge is 1.82. The number of carbonyl (C=O) groups excluding carboxylic acids is 5. The van der Waals surface area contributed by atoms with Crippen LogP contribution in [-0.4, -0.2) is 37.0 Å². The fourth-order valence-corrected chi connectivity index (χ4v) is 0.142. The predicted molar refractivity (Wildman–Crippen MR) is 54.9 cm³/mol. The van der Waals surface area contributed by atoms with Crippen LogP contribution >= 0.6 is 0 Å². The van der Waals surface area contributed by atoms with Crippen LogP contribution in [0.3, 0.4) is 0 Å². The van der Waals surface area contributed by atoms with Crippen molar-refractivity contribution in [2.24, 2.45) is 5.73 Å². The van der Waals surface area contributed by atoms with E-state index in [0.29, 0.717) is 6.61 Å². The van der Waals surface area contributed by atoms with Gasteiger partial charge >= 0.3 is 6.09 Å². The Morgan fingerprint density at radius 1 is 0.944 bits per heavy atom. The molecule has 0 heterocycles. The van der Waals surface area contributed by atoms with Crippen molar-refractivity contribution in [3.05, 3.63) is 0 Å². The molecule has 0 radical (unpaired) electrons. The van der Waals surface area contributed by atoms with Crippen molar-refractivity contribution in [1.29, 1.82) is 21.6 Å². The maximum atomic E-state index is 9.60. The van der Waals surface area contributed by atoms with Crippen molar-refractivity contribution in [3.63, 3.8) is 0 Å². The molecule has 11 nitrogen and oxygen atoms in total. The van der Waals surface area contributed by atoms with Crippen LogP contribution in [0.4, 0.5) is 4.79 Å². The number of nitrogens with one attached hydrogen (secondary N) is 4. The van der Waals surface area contributed by atoms with Crippen molar-refractivity contribution >= 4 is 30.4 Å². The third kappa shape index (κ3) is 40300. The molecule has 0 bridgehead atoms. The number of hydrogen-bond acceptors (Lipinski definition) is 10. The van der Waals surface area contributed by atoms with E-state index in [0.717, 1.165) is 24.3 Å². The number of nitrogens with two attached hydrogens (primary N) is 1. The van der Waals surface area contributed by atoms with E-state index in [1.54, 1.807) is 6.92 Å². The van der Waals surface area contributed by atoms with E-state index in [1.807, 2.05) is 0 Å². The van der Waals surface area contributed by atoms with E-state index < -0.39 is 6.09 Å². The molecule has 0 aromatic carbocycles. The van der Waals surface area contributed by atoms with Gasteiger partial charge in [0.1, 0.15) is 0 Å². The van der Waals surface area contributed by atoms with Gasteiger partial charge in [0, 0.05) is 0 Å². The molecule has 0 saturated carbocycles. The minimum absolute atomic E-state index is 0.356. The molecule has 0 aliphatic rings. The van der Waals surface area contributed by atoms with Crippen LogP contribution in [0.1, 0.15) is 6.92 Å². The quantitative estimate of drug-likeness (QED) is 0.315. The molecule has 0 aliphatic carbocycles. The van der Waals surface area contributed by atoms with Crippen molar-refractivity contribution in [2.75, 3.05) is 6.61 Å². The van der Waals surface area contributed by atoms with Crippen molar-refractivity contribution in [1.82, 2.24) is 0 Å². The van der Waals surface area contributed by atoms with Gasteiger partial charge in [-0.3, -0.25) is 0 Å². The Hall–Kier alpha value is -3.21. The zero-order valence-electron chi connectivity index (χ0n) is 9.23. The van der Waals surface area contributed by atoms with Gasteiger partial charge in [-0.2, -0.15) is 0 Å². The molecule has 0 rings (SSSR count).